The predicted octanol–water partition coefficient (Wildman–Crippen LogP) is 4.05. The standard InChI is InChI=1S/C19H16ClN3O5S3/c20-16-5-6-17(30-16)31(25,26)23-7-1-2-13(23)18(24)22-19-21-12(9-29-19)11-3-4-14-15(8-11)28-10-27-14/h3-6,8-9,13H,1-2,7,10H2,(H,21,22,24)/t13-/m0/s1. The summed E-state index contributed by atoms with van der Waals surface area (Å²) in [7, 11) is -3.78. The molecule has 2 aromatic heterocycles. The van der Waals surface area contributed by atoms with E-state index in [1.54, 1.807) is 0 Å². The summed E-state index contributed by atoms with van der Waals surface area (Å²) in [6, 6.07) is 7.73. The van der Waals surface area contributed by atoms with E-state index in [1.807, 2.05) is 23.6 Å². The van der Waals surface area contributed by atoms with Crippen LogP contribution in [0.5, 0.6) is 11.5 Å². The van der Waals surface area contributed by atoms with Gasteiger partial charge in [0.1, 0.15) is 10.3 Å². The number of sulfonamides is 1. The molecule has 2 aliphatic rings. The first-order chi connectivity index (χ1) is 14.9. The monoisotopic (exact) mass is 497 g/mol. The third kappa shape index (κ3) is 3.92. The minimum Gasteiger partial charge on any atom is -0.454 e. The van der Waals surface area contributed by atoms with Gasteiger partial charge in [-0.25, -0.2) is 13.4 Å². The van der Waals surface area contributed by atoms with Crippen LogP contribution >= 0.6 is 34.3 Å². The summed E-state index contributed by atoms with van der Waals surface area (Å²) in [4.78, 5) is 17.4. The van der Waals surface area contributed by atoms with Crippen molar-refractivity contribution in [2.75, 3.05) is 18.7 Å². The molecule has 1 amide bonds. The normalized spacial score (nSPS) is 18.4. The van der Waals surface area contributed by atoms with Crippen LogP contribution in [0.4, 0.5) is 5.13 Å². The number of anilines is 1. The van der Waals surface area contributed by atoms with Crippen molar-refractivity contribution >= 4 is 55.3 Å². The van der Waals surface area contributed by atoms with Crippen LogP contribution in [0.3, 0.4) is 0 Å². The van der Waals surface area contributed by atoms with Crippen LogP contribution in [0.2, 0.25) is 4.34 Å². The molecule has 0 radical (unpaired) electrons. The summed E-state index contributed by atoms with van der Waals surface area (Å²) < 4.78 is 38.4. The summed E-state index contributed by atoms with van der Waals surface area (Å²) in [6.45, 7) is 0.478. The third-order valence-corrected chi connectivity index (χ3v) is 9.38. The molecule has 0 saturated carbocycles. The van der Waals surface area contributed by atoms with E-state index < -0.39 is 22.0 Å². The van der Waals surface area contributed by atoms with Crippen molar-refractivity contribution in [3.63, 3.8) is 0 Å². The highest BCUT2D eigenvalue weighted by molar-refractivity contribution is 7.91. The SMILES string of the molecule is O=C(Nc1nc(-c2ccc3c(c2)OCO3)cs1)[C@@H]1CCCN1S(=O)(=O)c1ccc(Cl)s1. The Kier molecular flexibility index (Phi) is 5.39. The van der Waals surface area contributed by atoms with Gasteiger partial charge in [-0.15, -0.1) is 22.7 Å². The number of fused-ring (bicyclic) bond motifs is 1. The number of hydrogen-bond acceptors (Lipinski definition) is 8. The van der Waals surface area contributed by atoms with Gasteiger partial charge in [0, 0.05) is 17.5 Å². The average Bonchev–Trinajstić information content (AvgIpc) is 3.52. The van der Waals surface area contributed by atoms with E-state index in [1.165, 1.54) is 27.8 Å². The molecule has 31 heavy (non-hydrogen) atoms. The minimum atomic E-state index is -3.78. The fourth-order valence-electron chi connectivity index (χ4n) is 3.55. The molecule has 0 aliphatic carbocycles. The molecule has 5 rings (SSSR count). The Morgan fingerprint density at radius 1 is 1.23 bits per heavy atom. The number of carbonyl (C=O) groups is 1. The molecule has 0 spiro atoms. The zero-order valence-corrected chi connectivity index (χ0v) is 19.1. The Morgan fingerprint density at radius 3 is 2.87 bits per heavy atom. The molecule has 162 valence electrons. The van der Waals surface area contributed by atoms with Crippen molar-refractivity contribution in [1.82, 2.24) is 9.29 Å². The molecule has 12 heteroatoms. The lowest BCUT2D eigenvalue weighted by Gasteiger charge is -2.22. The van der Waals surface area contributed by atoms with Crippen molar-refractivity contribution in [3.8, 4) is 22.8 Å². The predicted molar refractivity (Wildman–Crippen MR) is 119 cm³/mol. The Labute approximate surface area is 191 Å². The van der Waals surface area contributed by atoms with E-state index in [2.05, 4.69) is 10.3 Å². The van der Waals surface area contributed by atoms with Gasteiger partial charge in [-0.1, -0.05) is 11.6 Å². The van der Waals surface area contributed by atoms with Gasteiger partial charge in [0.2, 0.25) is 12.7 Å². The topological polar surface area (TPSA) is 97.8 Å². The number of nitrogens with one attached hydrogen (secondary N) is 1. The van der Waals surface area contributed by atoms with Gasteiger partial charge in [-0.05, 0) is 43.2 Å². The Morgan fingerprint density at radius 2 is 2.06 bits per heavy atom. The van der Waals surface area contributed by atoms with Crippen molar-refractivity contribution in [2.24, 2.45) is 0 Å². The van der Waals surface area contributed by atoms with Gasteiger partial charge in [-0.3, -0.25) is 4.79 Å². The Bertz CT molecular complexity index is 1260. The lowest BCUT2D eigenvalue weighted by molar-refractivity contribution is -0.119. The fraction of sp³-hybridized carbons (Fsp3) is 0.263. The zero-order chi connectivity index (χ0) is 21.6. The molecule has 1 N–H and O–H groups in total. The molecular weight excluding hydrogens is 482 g/mol. The van der Waals surface area contributed by atoms with Crippen molar-refractivity contribution in [3.05, 3.63) is 40.0 Å². The maximum Gasteiger partial charge on any atom is 0.253 e. The number of thiazole rings is 1. The smallest absolute Gasteiger partial charge is 0.253 e. The van der Waals surface area contributed by atoms with Gasteiger partial charge in [0.25, 0.3) is 10.0 Å². The first-order valence-electron chi connectivity index (χ1n) is 9.35. The molecule has 1 saturated heterocycles. The van der Waals surface area contributed by atoms with Crippen molar-refractivity contribution in [2.45, 2.75) is 23.1 Å². The first-order valence-corrected chi connectivity index (χ1v) is 12.9. The Hall–Kier alpha value is -2.18. The second-order valence-electron chi connectivity index (χ2n) is 6.93. The quantitative estimate of drug-likeness (QED) is 0.571. The van der Waals surface area contributed by atoms with Crippen LogP contribution in [0, 0.1) is 0 Å². The maximum atomic E-state index is 13.0. The largest absolute Gasteiger partial charge is 0.454 e. The van der Waals surface area contributed by atoms with Crippen molar-refractivity contribution in [1.29, 1.82) is 0 Å². The number of amides is 1. The van der Waals surface area contributed by atoms with Gasteiger partial charge >= 0.3 is 0 Å². The van der Waals surface area contributed by atoms with Crippen LogP contribution in [0.15, 0.2) is 39.9 Å². The molecule has 1 atom stereocenters. The van der Waals surface area contributed by atoms with Crippen molar-refractivity contribution < 1.29 is 22.7 Å². The summed E-state index contributed by atoms with van der Waals surface area (Å²) in [5.74, 6) is 0.939. The molecular formula is C19H16ClN3O5S3. The molecule has 0 unspecified atom stereocenters. The molecule has 8 nitrogen and oxygen atoms in total. The minimum absolute atomic E-state index is 0.136. The summed E-state index contributed by atoms with van der Waals surface area (Å²) in [5.41, 5.74) is 1.52. The molecule has 1 aromatic carbocycles. The second-order valence-corrected chi connectivity index (χ2v) is 11.6. The maximum absolute atomic E-state index is 13.0. The zero-order valence-electron chi connectivity index (χ0n) is 15.9. The lowest BCUT2D eigenvalue weighted by Crippen LogP contribution is -2.42. The van der Waals surface area contributed by atoms with Crippen LogP contribution in [-0.4, -0.2) is 43.0 Å². The lowest BCUT2D eigenvalue weighted by atomic mass is 10.1. The number of benzene rings is 1. The Balaban J connectivity index is 1.32. The van der Waals surface area contributed by atoms with Crippen LogP contribution < -0.4 is 14.8 Å². The number of thiophene rings is 1. The number of aromatic nitrogens is 1. The number of rotatable bonds is 5. The molecule has 3 aromatic rings. The van der Waals surface area contributed by atoms with E-state index in [9.17, 15) is 13.2 Å². The van der Waals surface area contributed by atoms with Crippen LogP contribution in [0.1, 0.15) is 12.8 Å². The molecule has 1 fully saturated rings. The van der Waals surface area contributed by atoms with E-state index in [-0.39, 0.29) is 17.5 Å². The average molecular weight is 498 g/mol. The number of carbonyl (C=O) groups excluding carboxylic acids is 1. The summed E-state index contributed by atoms with van der Waals surface area (Å²) >= 11 is 8.16. The summed E-state index contributed by atoms with van der Waals surface area (Å²) in [6.07, 6.45) is 1.06. The highest BCUT2D eigenvalue weighted by Crippen LogP contribution is 2.37. The van der Waals surface area contributed by atoms with Gasteiger partial charge in [0.15, 0.2) is 16.6 Å². The third-order valence-electron chi connectivity index (χ3n) is 5.02. The fourth-order valence-corrected chi connectivity index (χ4v) is 7.54. The first kappa shape index (κ1) is 20.7. The number of nitrogens with zero attached hydrogens (tertiary/aromatic N) is 2. The van der Waals surface area contributed by atoms with E-state index >= 15 is 0 Å². The van der Waals surface area contributed by atoms with E-state index in [0.29, 0.717) is 39.5 Å². The highest BCUT2D eigenvalue weighted by Gasteiger charge is 2.40. The van der Waals surface area contributed by atoms with Crippen LogP contribution in [0.25, 0.3) is 11.3 Å². The number of hydrogen-bond donors (Lipinski definition) is 1. The molecule has 2 aliphatic heterocycles. The summed E-state index contributed by atoms with van der Waals surface area (Å²) in [5, 5.41) is 5.00. The second kappa shape index (κ2) is 8.06. The van der Waals surface area contributed by atoms with E-state index in [4.69, 9.17) is 21.1 Å². The molecule has 4 heterocycles. The number of halogens is 1. The molecule has 0 bridgehead atoms. The van der Waals surface area contributed by atoms with Gasteiger partial charge < -0.3 is 14.8 Å². The van der Waals surface area contributed by atoms with Crippen LogP contribution in [-0.2, 0) is 14.8 Å². The highest BCUT2D eigenvalue weighted by atomic mass is 35.5. The van der Waals surface area contributed by atoms with Gasteiger partial charge in [0.05, 0.1) is 10.0 Å². The van der Waals surface area contributed by atoms with Gasteiger partial charge in [-0.2, -0.15) is 4.31 Å². The number of ether oxygens (including phenoxy) is 2. The van der Waals surface area contributed by atoms with E-state index in [0.717, 1.165) is 16.9 Å².